The summed E-state index contributed by atoms with van der Waals surface area (Å²) in [5.41, 5.74) is 3.30. The lowest BCUT2D eigenvalue weighted by molar-refractivity contribution is -0.121. The molecule has 0 bridgehead atoms. The van der Waals surface area contributed by atoms with Gasteiger partial charge in [-0.3, -0.25) is 9.69 Å². The number of nitrogens with one attached hydrogen (secondary N) is 1. The normalized spacial score (nSPS) is 26.7. The first-order valence-electron chi connectivity index (χ1n) is 8.73. The summed E-state index contributed by atoms with van der Waals surface area (Å²) < 4.78 is 0. The molecule has 1 N–H and O–H groups in total. The van der Waals surface area contributed by atoms with Gasteiger partial charge in [0.1, 0.15) is 0 Å². The van der Waals surface area contributed by atoms with Crippen LogP contribution in [0.2, 0.25) is 0 Å². The average molecular weight is 337 g/mol. The number of hydrogen-bond donors (Lipinski definition) is 1. The quantitative estimate of drug-likeness (QED) is 0.894. The van der Waals surface area contributed by atoms with Crippen LogP contribution in [-0.4, -0.2) is 29.9 Å². The zero-order valence-electron chi connectivity index (χ0n) is 14.5. The van der Waals surface area contributed by atoms with Crippen molar-refractivity contribution in [3.8, 4) is 0 Å². The Morgan fingerprint density at radius 1 is 1.26 bits per heavy atom. The summed E-state index contributed by atoms with van der Waals surface area (Å²) in [7, 11) is 0. The molecular formula is C19H29ClN2O. The number of benzene rings is 1. The van der Waals surface area contributed by atoms with E-state index in [0.29, 0.717) is 5.92 Å². The van der Waals surface area contributed by atoms with E-state index in [1.807, 2.05) is 6.07 Å². The number of fused-ring (bicyclic) bond motifs is 1. The van der Waals surface area contributed by atoms with Crippen LogP contribution >= 0.6 is 12.4 Å². The van der Waals surface area contributed by atoms with Crippen LogP contribution in [0.5, 0.6) is 0 Å². The van der Waals surface area contributed by atoms with Crippen molar-refractivity contribution in [2.24, 2.45) is 11.8 Å². The van der Waals surface area contributed by atoms with Crippen molar-refractivity contribution in [1.29, 1.82) is 0 Å². The molecule has 23 heavy (non-hydrogen) atoms. The number of para-hydroxylation sites is 1. The van der Waals surface area contributed by atoms with Gasteiger partial charge in [0, 0.05) is 12.2 Å². The van der Waals surface area contributed by atoms with Crippen LogP contribution in [0.1, 0.15) is 43.7 Å². The first-order chi connectivity index (χ1) is 10.6. The van der Waals surface area contributed by atoms with Crippen molar-refractivity contribution >= 4 is 24.0 Å². The summed E-state index contributed by atoms with van der Waals surface area (Å²) in [5, 5.41) is 3.24. The second-order valence-corrected chi connectivity index (χ2v) is 7.05. The Bertz CT molecular complexity index is 540. The third kappa shape index (κ3) is 3.56. The van der Waals surface area contributed by atoms with Gasteiger partial charge < -0.3 is 5.32 Å². The molecule has 3 unspecified atom stereocenters. The summed E-state index contributed by atoms with van der Waals surface area (Å²) in [4.78, 5) is 15.4. The van der Waals surface area contributed by atoms with Gasteiger partial charge in [-0.2, -0.15) is 0 Å². The topological polar surface area (TPSA) is 32.3 Å². The van der Waals surface area contributed by atoms with Crippen molar-refractivity contribution < 1.29 is 4.79 Å². The molecule has 1 amide bonds. The number of nitrogens with zero attached hydrogens (tertiary/aromatic N) is 1. The van der Waals surface area contributed by atoms with Gasteiger partial charge >= 0.3 is 0 Å². The highest BCUT2D eigenvalue weighted by Gasteiger charge is 2.47. The van der Waals surface area contributed by atoms with E-state index in [0.717, 1.165) is 42.2 Å². The Morgan fingerprint density at radius 2 is 1.96 bits per heavy atom. The molecule has 0 radical (unpaired) electrons. The van der Waals surface area contributed by atoms with Crippen molar-refractivity contribution in [2.45, 2.75) is 52.5 Å². The lowest BCUT2D eigenvalue weighted by Crippen LogP contribution is -2.43. The van der Waals surface area contributed by atoms with Gasteiger partial charge in [-0.15, -0.1) is 12.4 Å². The number of carbonyl (C=O) groups excluding carboxylic acids is 1. The number of hydrogen-bond acceptors (Lipinski definition) is 2. The van der Waals surface area contributed by atoms with Gasteiger partial charge in [0.25, 0.3) is 0 Å². The minimum absolute atomic E-state index is 0. The van der Waals surface area contributed by atoms with Gasteiger partial charge in [-0.05, 0) is 62.6 Å². The Hall–Kier alpha value is -1.06. The van der Waals surface area contributed by atoms with Gasteiger partial charge in [0.05, 0.1) is 6.04 Å². The zero-order chi connectivity index (χ0) is 15.7. The van der Waals surface area contributed by atoms with Crippen LogP contribution in [0.25, 0.3) is 0 Å². The Labute approximate surface area is 146 Å². The molecule has 1 aromatic carbocycles. The molecule has 1 aromatic rings. The van der Waals surface area contributed by atoms with Crippen LogP contribution in [-0.2, 0) is 4.79 Å². The predicted octanol–water partition coefficient (Wildman–Crippen LogP) is 4.17. The van der Waals surface area contributed by atoms with Crippen molar-refractivity contribution in [1.82, 2.24) is 4.90 Å². The van der Waals surface area contributed by atoms with Crippen LogP contribution < -0.4 is 5.32 Å². The number of halogens is 1. The molecule has 2 fully saturated rings. The van der Waals surface area contributed by atoms with Crippen LogP contribution in [0.4, 0.5) is 5.69 Å². The summed E-state index contributed by atoms with van der Waals surface area (Å²) in [6.45, 7) is 8.49. The standard InChI is InChI=1S/C19H28N2O.ClH/c1-4-11-21-12-15-9-6-10-16(15)18(21)19(22)20-17-13(2)7-5-8-14(17)3;/h5,7-8,15-16,18H,4,6,9-12H2,1-3H3,(H,20,22);1H. The van der Waals surface area contributed by atoms with E-state index in [-0.39, 0.29) is 24.4 Å². The maximum Gasteiger partial charge on any atom is 0.242 e. The van der Waals surface area contributed by atoms with Gasteiger partial charge in [0.15, 0.2) is 0 Å². The van der Waals surface area contributed by atoms with Crippen LogP contribution in [0.3, 0.4) is 0 Å². The smallest absolute Gasteiger partial charge is 0.242 e. The van der Waals surface area contributed by atoms with Crippen LogP contribution in [0.15, 0.2) is 18.2 Å². The Balaban J connectivity index is 0.00000192. The van der Waals surface area contributed by atoms with Gasteiger partial charge in [-0.25, -0.2) is 0 Å². The number of aryl methyl sites for hydroxylation is 2. The monoisotopic (exact) mass is 336 g/mol. The van der Waals surface area contributed by atoms with Gasteiger partial charge in [0.2, 0.25) is 5.91 Å². The molecule has 3 nitrogen and oxygen atoms in total. The Kier molecular flexibility index (Phi) is 6.10. The van der Waals surface area contributed by atoms with Crippen molar-refractivity contribution in [2.75, 3.05) is 18.4 Å². The third-order valence-electron chi connectivity index (χ3n) is 5.49. The first kappa shape index (κ1) is 18.3. The molecule has 1 aliphatic heterocycles. The zero-order valence-corrected chi connectivity index (χ0v) is 15.3. The number of anilines is 1. The molecular weight excluding hydrogens is 308 g/mol. The average Bonchev–Trinajstić information content (AvgIpc) is 3.03. The highest BCUT2D eigenvalue weighted by atomic mass is 35.5. The van der Waals surface area contributed by atoms with E-state index >= 15 is 0 Å². The SMILES string of the molecule is CCCN1CC2CCCC2C1C(=O)Nc1c(C)cccc1C.Cl. The first-order valence-corrected chi connectivity index (χ1v) is 8.73. The number of likely N-dealkylation sites (tertiary alicyclic amines) is 1. The fourth-order valence-electron chi connectivity index (χ4n) is 4.48. The molecule has 0 spiro atoms. The molecule has 3 atom stereocenters. The molecule has 2 aliphatic rings. The van der Waals surface area contributed by atoms with Crippen molar-refractivity contribution in [3.05, 3.63) is 29.3 Å². The second-order valence-electron chi connectivity index (χ2n) is 7.05. The van der Waals surface area contributed by atoms with E-state index in [1.165, 1.54) is 19.3 Å². The van der Waals surface area contributed by atoms with E-state index in [4.69, 9.17) is 0 Å². The third-order valence-corrected chi connectivity index (χ3v) is 5.49. The molecule has 3 rings (SSSR count). The molecule has 1 saturated carbocycles. The maximum absolute atomic E-state index is 13.0. The minimum Gasteiger partial charge on any atom is -0.324 e. The molecule has 0 aromatic heterocycles. The summed E-state index contributed by atoms with van der Waals surface area (Å²) in [5.74, 6) is 1.51. The molecule has 1 aliphatic carbocycles. The maximum atomic E-state index is 13.0. The minimum atomic E-state index is 0. The predicted molar refractivity (Wildman–Crippen MR) is 98.3 cm³/mol. The fourth-order valence-corrected chi connectivity index (χ4v) is 4.48. The molecule has 1 heterocycles. The largest absolute Gasteiger partial charge is 0.324 e. The fraction of sp³-hybridized carbons (Fsp3) is 0.632. The Morgan fingerprint density at radius 3 is 2.61 bits per heavy atom. The van der Waals surface area contributed by atoms with E-state index < -0.39 is 0 Å². The van der Waals surface area contributed by atoms with Crippen LogP contribution in [0, 0.1) is 25.7 Å². The molecule has 4 heteroatoms. The number of carbonyl (C=O) groups is 1. The summed E-state index contributed by atoms with van der Waals surface area (Å²) >= 11 is 0. The lowest BCUT2D eigenvalue weighted by atomic mass is 9.93. The van der Waals surface area contributed by atoms with E-state index in [2.05, 4.69) is 43.1 Å². The summed E-state index contributed by atoms with van der Waals surface area (Å²) in [6.07, 6.45) is 4.93. The molecule has 128 valence electrons. The second kappa shape index (κ2) is 7.67. The highest BCUT2D eigenvalue weighted by Crippen LogP contribution is 2.42. The van der Waals surface area contributed by atoms with Crippen molar-refractivity contribution in [3.63, 3.8) is 0 Å². The highest BCUT2D eigenvalue weighted by molar-refractivity contribution is 5.96. The lowest BCUT2D eigenvalue weighted by Gasteiger charge is -2.27. The number of rotatable bonds is 4. The summed E-state index contributed by atoms with van der Waals surface area (Å²) in [6, 6.07) is 6.26. The number of amides is 1. The molecule has 1 saturated heterocycles. The van der Waals surface area contributed by atoms with Gasteiger partial charge in [-0.1, -0.05) is 31.5 Å². The van der Waals surface area contributed by atoms with E-state index in [1.54, 1.807) is 0 Å². The van der Waals surface area contributed by atoms with E-state index in [9.17, 15) is 4.79 Å².